The van der Waals surface area contributed by atoms with E-state index in [4.69, 9.17) is 9.15 Å². The van der Waals surface area contributed by atoms with E-state index in [-0.39, 0.29) is 17.5 Å². The summed E-state index contributed by atoms with van der Waals surface area (Å²) in [6.07, 6.45) is 0.471. The highest BCUT2D eigenvalue weighted by molar-refractivity contribution is 5.95. The van der Waals surface area contributed by atoms with Crippen LogP contribution >= 0.6 is 0 Å². The topological polar surface area (TPSA) is 85.6 Å². The second-order valence-corrected chi connectivity index (χ2v) is 6.48. The average molecular weight is 357 g/mol. The van der Waals surface area contributed by atoms with E-state index in [0.29, 0.717) is 17.7 Å². The van der Waals surface area contributed by atoms with Crippen LogP contribution in [0.5, 0.6) is 0 Å². The summed E-state index contributed by atoms with van der Waals surface area (Å²) in [4.78, 5) is 35.6. The maximum atomic E-state index is 12.4. The summed E-state index contributed by atoms with van der Waals surface area (Å²) in [5, 5.41) is 2.65. The molecule has 26 heavy (non-hydrogen) atoms. The van der Waals surface area contributed by atoms with Crippen LogP contribution < -0.4 is 5.32 Å². The van der Waals surface area contributed by atoms with E-state index in [9.17, 15) is 14.4 Å². The summed E-state index contributed by atoms with van der Waals surface area (Å²) in [6, 6.07) is 9.42. The maximum Gasteiger partial charge on any atom is 0.328 e. The SMILES string of the molecule is COC(=O)[C@H](CC(C)C)NC(=O)c1ccc(-c2ccc(C(C)=O)cc2)o1. The molecule has 2 aromatic rings. The number of ether oxygens (including phenoxy) is 1. The number of hydrogen-bond donors (Lipinski definition) is 1. The third-order valence-electron chi connectivity index (χ3n) is 3.90. The molecule has 6 heteroatoms. The number of benzene rings is 1. The first kappa shape index (κ1) is 19.4. The lowest BCUT2D eigenvalue weighted by Crippen LogP contribution is -2.42. The van der Waals surface area contributed by atoms with Gasteiger partial charge in [-0.3, -0.25) is 9.59 Å². The van der Waals surface area contributed by atoms with Gasteiger partial charge >= 0.3 is 5.97 Å². The third-order valence-corrected chi connectivity index (χ3v) is 3.90. The van der Waals surface area contributed by atoms with Crippen molar-refractivity contribution in [2.24, 2.45) is 5.92 Å². The number of methoxy groups -OCH3 is 1. The molecule has 0 radical (unpaired) electrons. The van der Waals surface area contributed by atoms with Gasteiger partial charge in [-0.25, -0.2) is 4.79 Å². The molecule has 0 saturated heterocycles. The zero-order valence-corrected chi connectivity index (χ0v) is 15.4. The Morgan fingerprint density at radius 2 is 1.73 bits per heavy atom. The first-order valence-electron chi connectivity index (χ1n) is 8.41. The first-order valence-corrected chi connectivity index (χ1v) is 8.41. The molecule has 1 amide bonds. The molecule has 1 N–H and O–H groups in total. The van der Waals surface area contributed by atoms with Crippen LogP contribution in [0.1, 0.15) is 48.1 Å². The van der Waals surface area contributed by atoms with Gasteiger partial charge in [0.25, 0.3) is 5.91 Å². The van der Waals surface area contributed by atoms with Crippen LogP contribution in [-0.2, 0) is 9.53 Å². The normalized spacial score (nSPS) is 11.9. The van der Waals surface area contributed by atoms with Crippen molar-refractivity contribution in [3.8, 4) is 11.3 Å². The Balaban J connectivity index is 2.13. The zero-order chi connectivity index (χ0) is 19.3. The predicted octanol–water partition coefficient (Wildman–Crippen LogP) is 3.47. The fraction of sp³-hybridized carbons (Fsp3) is 0.350. The van der Waals surface area contributed by atoms with E-state index >= 15 is 0 Å². The number of carbonyl (C=O) groups excluding carboxylic acids is 3. The third kappa shape index (κ3) is 4.81. The maximum absolute atomic E-state index is 12.4. The van der Waals surface area contributed by atoms with E-state index in [1.165, 1.54) is 14.0 Å². The van der Waals surface area contributed by atoms with Gasteiger partial charge in [0.2, 0.25) is 0 Å². The lowest BCUT2D eigenvalue weighted by Gasteiger charge is -2.17. The van der Waals surface area contributed by atoms with Crippen molar-refractivity contribution in [3.05, 3.63) is 47.7 Å². The molecule has 0 aliphatic heterocycles. The van der Waals surface area contributed by atoms with Gasteiger partial charge in [0.1, 0.15) is 11.8 Å². The molecule has 1 atom stereocenters. The highest BCUT2D eigenvalue weighted by Gasteiger charge is 2.24. The van der Waals surface area contributed by atoms with Crippen LogP contribution in [0.4, 0.5) is 0 Å². The summed E-state index contributed by atoms with van der Waals surface area (Å²) in [5.41, 5.74) is 1.36. The van der Waals surface area contributed by atoms with Crippen molar-refractivity contribution in [1.82, 2.24) is 5.32 Å². The molecule has 138 valence electrons. The molecule has 0 saturated carbocycles. The molecular formula is C20H23NO5. The van der Waals surface area contributed by atoms with Crippen molar-refractivity contribution in [1.29, 1.82) is 0 Å². The van der Waals surface area contributed by atoms with Gasteiger partial charge in [-0.2, -0.15) is 0 Å². The van der Waals surface area contributed by atoms with Crippen LogP contribution in [0, 0.1) is 5.92 Å². The summed E-state index contributed by atoms with van der Waals surface area (Å²) in [5.74, 6) is -0.162. The fourth-order valence-corrected chi connectivity index (χ4v) is 2.54. The predicted molar refractivity (Wildman–Crippen MR) is 96.9 cm³/mol. The molecule has 0 aliphatic carbocycles. The molecule has 0 spiro atoms. The quantitative estimate of drug-likeness (QED) is 0.606. The molecule has 0 bridgehead atoms. The Kier molecular flexibility index (Phi) is 6.33. The summed E-state index contributed by atoms with van der Waals surface area (Å²) >= 11 is 0. The molecule has 0 fully saturated rings. The smallest absolute Gasteiger partial charge is 0.328 e. The van der Waals surface area contributed by atoms with Crippen LogP contribution in [-0.4, -0.2) is 30.8 Å². The number of furan rings is 1. The summed E-state index contributed by atoms with van der Waals surface area (Å²) < 4.78 is 10.3. The fourth-order valence-electron chi connectivity index (χ4n) is 2.54. The number of amides is 1. The highest BCUT2D eigenvalue weighted by Crippen LogP contribution is 2.23. The number of Topliss-reactive ketones (excluding diaryl/α,β-unsaturated/α-hetero) is 1. The van der Waals surface area contributed by atoms with Gasteiger partial charge in [-0.1, -0.05) is 38.1 Å². The molecule has 1 aromatic carbocycles. The van der Waals surface area contributed by atoms with Gasteiger partial charge in [-0.05, 0) is 31.4 Å². The minimum Gasteiger partial charge on any atom is -0.467 e. The van der Waals surface area contributed by atoms with Crippen LogP contribution in [0.3, 0.4) is 0 Å². The largest absolute Gasteiger partial charge is 0.467 e. The Morgan fingerprint density at radius 1 is 1.08 bits per heavy atom. The molecule has 1 aromatic heterocycles. The van der Waals surface area contributed by atoms with E-state index in [0.717, 1.165) is 5.56 Å². The van der Waals surface area contributed by atoms with Crippen molar-refractivity contribution in [2.45, 2.75) is 33.2 Å². The lowest BCUT2D eigenvalue weighted by atomic mass is 10.0. The Bertz CT molecular complexity index is 789. The molecular weight excluding hydrogens is 334 g/mol. The van der Waals surface area contributed by atoms with Gasteiger partial charge in [-0.15, -0.1) is 0 Å². The molecule has 1 heterocycles. The van der Waals surface area contributed by atoms with E-state index in [2.05, 4.69) is 5.32 Å². The number of nitrogens with one attached hydrogen (secondary N) is 1. The summed E-state index contributed by atoms with van der Waals surface area (Å²) in [7, 11) is 1.29. The zero-order valence-electron chi connectivity index (χ0n) is 15.4. The van der Waals surface area contributed by atoms with Gasteiger partial charge in [0.05, 0.1) is 7.11 Å². The van der Waals surface area contributed by atoms with Crippen molar-refractivity contribution < 1.29 is 23.5 Å². The summed E-state index contributed by atoms with van der Waals surface area (Å²) in [6.45, 7) is 5.41. The van der Waals surface area contributed by atoms with Gasteiger partial charge in [0.15, 0.2) is 11.5 Å². The van der Waals surface area contributed by atoms with Gasteiger partial charge in [0, 0.05) is 11.1 Å². The molecule has 2 rings (SSSR count). The average Bonchev–Trinajstić information content (AvgIpc) is 3.10. The monoisotopic (exact) mass is 357 g/mol. The standard InChI is InChI=1S/C20H23NO5/c1-12(2)11-16(20(24)25-4)21-19(23)18-10-9-17(26-18)15-7-5-14(6-8-15)13(3)22/h5-10,12,16H,11H2,1-4H3,(H,21,23)/t16-/m0/s1. The molecule has 6 nitrogen and oxygen atoms in total. The second-order valence-electron chi connectivity index (χ2n) is 6.48. The number of carbonyl (C=O) groups is 3. The van der Waals surface area contributed by atoms with E-state index < -0.39 is 17.9 Å². The van der Waals surface area contributed by atoms with E-state index in [1.807, 2.05) is 13.8 Å². The lowest BCUT2D eigenvalue weighted by molar-refractivity contribution is -0.143. The number of hydrogen-bond acceptors (Lipinski definition) is 5. The molecule has 0 aliphatic rings. The minimum absolute atomic E-state index is 0.0185. The minimum atomic E-state index is -0.726. The Morgan fingerprint density at radius 3 is 2.27 bits per heavy atom. The van der Waals surface area contributed by atoms with Crippen molar-refractivity contribution in [3.63, 3.8) is 0 Å². The van der Waals surface area contributed by atoms with E-state index in [1.54, 1.807) is 36.4 Å². The number of rotatable bonds is 7. The first-order chi connectivity index (χ1) is 12.3. The van der Waals surface area contributed by atoms with Crippen LogP contribution in [0.25, 0.3) is 11.3 Å². The van der Waals surface area contributed by atoms with Crippen molar-refractivity contribution >= 4 is 17.7 Å². The van der Waals surface area contributed by atoms with Gasteiger partial charge < -0.3 is 14.5 Å². The number of ketones is 1. The molecule has 0 unspecified atom stereocenters. The Hall–Kier alpha value is -2.89. The highest BCUT2D eigenvalue weighted by atomic mass is 16.5. The van der Waals surface area contributed by atoms with Crippen molar-refractivity contribution in [2.75, 3.05) is 7.11 Å². The van der Waals surface area contributed by atoms with Crippen LogP contribution in [0.2, 0.25) is 0 Å². The second kappa shape index (κ2) is 8.47. The van der Waals surface area contributed by atoms with Crippen LogP contribution in [0.15, 0.2) is 40.8 Å². The number of esters is 1. The Labute approximate surface area is 152 Å².